The minimum Gasteiger partial charge on any atom is -0.385 e. The Morgan fingerprint density at radius 1 is 1.22 bits per heavy atom. The van der Waals surface area contributed by atoms with Crippen LogP contribution in [0.2, 0.25) is 0 Å². The number of ether oxygens (including phenoxy) is 1. The Bertz CT molecular complexity index is 385. The third-order valence-corrected chi connectivity index (χ3v) is 2.81. The molecule has 18 heavy (non-hydrogen) atoms. The van der Waals surface area contributed by atoms with Gasteiger partial charge >= 0.3 is 0 Å². The number of hydrogen-bond acceptors (Lipinski definition) is 3. The molecule has 0 aliphatic carbocycles. The van der Waals surface area contributed by atoms with Crippen molar-refractivity contribution in [2.45, 2.75) is 32.8 Å². The van der Waals surface area contributed by atoms with E-state index >= 15 is 0 Å². The third kappa shape index (κ3) is 5.19. The number of nitrogens with one attached hydrogen (secondary N) is 2. The molecule has 1 amide bonds. The fourth-order valence-electron chi connectivity index (χ4n) is 1.48. The second kappa shape index (κ2) is 6.40. The second-order valence-corrected chi connectivity index (χ2v) is 4.90. The van der Waals surface area contributed by atoms with Crippen LogP contribution in [0.3, 0.4) is 0 Å². The largest absolute Gasteiger partial charge is 0.385 e. The predicted octanol–water partition coefficient (Wildman–Crippen LogP) is 2.87. The molecule has 2 N–H and O–H groups in total. The Labute approximate surface area is 109 Å². The number of methoxy groups -OCH3 is 1. The molecule has 1 aromatic carbocycles. The smallest absolute Gasteiger partial charge is 0.221 e. The van der Waals surface area contributed by atoms with E-state index in [0.717, 1.165) is 24.3 Å². The minimum atomic E-state index is -0.108. The molecule has 0 saturated carbocycles. The first-order chi connectivity index (χ1) is 8.43. The molecular weight excluding hydrogens is 228 g/mol. The van der Waals surface area contributed by atoms with Crippen LogP contribution in [0, 0.1) is 0 Å². The lowest BCUT2D eigenvalue weighted by Gasteiger charge is -2.23. The SMILES string of the molecule is COC(C)(C)CCNc1ccc(NC(C)=O)cc1. The van der Waals surface area contributed by atoms with Gasteiger partial charge in [-0.2, -0.15) is 0 Å². The number of hydrogen-bond donors (Lipinski definition) is 2. The molecule has 0 heterocycles. The van der Waals surface area contributed by atoms with E-state index < -0.39 is 0 Å². The van der Waals surface area contributed by atoms with Gasteiger partial charge in [0.2, 0.25) is 5.91 Å². The van der Waals surface area contributed by atoms with Crippen LogP contribution in [0.25, 0.3) is 0 Å². The summed E-state index contributed by atoms with van der Waals surface area (Å²) in [5.41, 5.74) is 1.74. The van der Waals surface area contributed by atoms with Gasteiger partial charge in [-0.15, -0.1) is 0 Å². The van der Waals surface area contributed by atoms with Crippen LogP contribution in [0.15, 0.2) is 24.3 Å². The second-order valence-electron chi connectivity index (χ2n) is 4.90. The lowest BCUT2D eigenvalue weighted by molar-refractivity contribution is -0.114. The summed E-state index contributed by atoms with van der Waals surface area (Å²) in [5, 5.41) is 6.06. The van der Waals surface area contributed by atoms with Crippen molar-refractivity contribution in [3.8, 4) is 0 Å². The van der Waals surface area contributed by atoms with Crippen LogP contribution in [-0.4, -0.2) is 25.2 Å². The number of carbonyl (C=O) groups is 1. The molecule has 1 aromatic rings. The van der Waals surface area contributed by atoms with Crippen molar-refractivity contribution in [2.75, 3.05) is 24.3 Å². The quantitative estimate of drug-likeness (QED) is 0.816. The van der Waals surface area contributed by atoms with Crippen LogP contribution >= 0.6 is 0 Å². The van der Waals surface area contributed by atoms with Gasteiger partial charge < -0.3 is 15.4 Å². The van der Waals surface area contributed by atoms with E-state index in [1.165, 1.54) is 6.92 Å². The molecule has 0 aromatic heterocycles. The maximum Gasteiger partial charge on any atom is 0.221 e. The van der Waals surface area contributed by atoms with E-state index in [2.05, 4.69) is 24.5 Å². The lowest BCUT2D eigenvalue weighted by Crippen LogP contribution is -2.25. The van der Waals surface area contributed by atoms with Crippen LogP contribution in [0.4, 0.5) is 11.4 Å². The number of anilines is 2. The zero-order valence-electron chi connectivity index (χ0n) is 11.5. The Hall–Kier alpha value is -1.55. The van der Waals surface area contributed by atoms with Crippen molar-refractivity contribution >= 4 is 17.3 Å². The number of carbonyl (C=O) groups excluding carboxylic acids is 1. The average Bonchev–Trinajstić information content (AvgIpc) is 2.30. The highest BCUT2D eigenvalue weighted by molar-refractivity contribution is 5.88. The Kier molecular flexibility index (Phi) is 5.16. The van der Waals surface area contributed by atoms with Gasteiger partial charge in [0.05, 0.1) is 5.60 Å². The van der Waals surface area contributed by atoms with E-state index in [-0.39, 0.29) is 11.5 Å². The molecule has 0 aliphatic heterocycles. The highest BCUT2D eigenvalue weighted by atomic mass is 16.5. The molecule has 0 saturated heterocycles. The molecule has 0 atom stereocenters. The molecule has 0 spiro atoms. The van der Waals surface area contributed by atoms with Gasteiger partial charge in [0.1, 0.15) is 0 Å². The summed E-state index contributed by atoms with van der Waals surface area (Å²) in [6.07, 6.45) is 0.928. The van der Waals surface area contributed by atoms with Crippen molar-refractivity contribution < 1.29 is 9.53 Å². The monoisotopic (exact) mass is 250 g/mol. The fourth-order valence-corrected chi connectivity index (χ4v) is 1.48. The van der Waals surface area contributed by atoms with Gasteiger partial charge in [-0.1, -0.05) is 0 Å². The van der Waals surface area contributed by atoms with Gasteiger partial charge in [-0.25, -0.2) is 0 Å². The average molecular weight is 250 g/mol. The summed E-state index contributed by atoms with van der Waals surface area (Å²) in [7, 11) is 1.72. The molecule has 4 nitrogen and oxygen atoms in total. The molecule has 0 unspecified atom stereocenters. The first kappa shape index (κ1) is 14.5. The minimum absolute atomic E-state index is 0.0578. The molecule has 1 rings (SSSR count). The summed E-state index contributed by atoms with van der Waals surface area (Å²) in [4.78, 5) is 10.9. The number of benzene rings is 1. The lowest BCUT2D eigenvalue weighted by atomic mass is 10.1. The number of rotatable bonds is 6. The van der Waals surface area contributed by atoms with Gasteiger partial charge in [0.15, 0.2) is 0 Å². The first-order valence-corrected chi connectivity index (χ1v) is 6.09. The van der Waals surface area contributed by atoms with Crippen LogP contribution < -0.4 is 10.6 Å². The molecule has 0 radical (unpaired) electrons. The molecule has 0 fully saturated rings. The molecule has 0 aliphatic rings. The van der Waals surface area contributed by atoms with E-state index in [0.29, 0.717) is 0 Å². The van der Waals surface area contributed by atoms with Crippen LogP contribution in [0.5, 0.6) is 0 Å². The van der Waals surface area contributed by atoms with Crippen molar-refractivity contribution in [2.24, 2.45) is 0 Å². The van der Waals surface area contributed by atoms with Crippen molar-refractivity contribution in [1.82, 2.24) is 0 Å². The number of amides is 1. The van der Waals surface area contributed by atoms with Crippen molar-refractivity contribution in [1.29, 1.82) is 0 Å². The van der Waals surface area contributed by atoms with Crippen molar-refractivity contribution in [3.63, 3.8) is 0 Å². The summed E-state index contributed by atoms with van der Waals surface area (Å²) in [5.74, 6) is -0.0578. The van der Waals surface area contributed by atoms with Gasteiger partial charge in [-0.3, -0.25) is 4.79 Å². The first-order valence-electron chi connectivity index (χ1n) is 6.09. The fraction of sp³-hybridized carbons (Fsp3) is 0.500. The topological polar surface area (TPSA) is 50.4 Å². The standard InChI is InChI=1S/C14H22N2O2/c1-11(17)16-13-7-5-12(6-8-13)15-10-9-14(2,3)18-4/h5-8,15H,9-10H2,1-4H3,(H,16,17). The maximum absolute atomic E-state index is 10.9. The van der Waals surface area contributed by atoms with E-state index in [1.54, 1.807) is 7.11 Å². The third-order valence-electron chi connectivity index (χ3n) is 2.81. The zero-order valence-corrected chi connectivity index (χ0v) is 11.5. The van der Waals surface area contributed by atoms with E-state index in [4.69, 9.17) is 4.74 Å². The Morgan fingerprint density at radius 2 is 1.78 bits per heavy atom. The van der Waals surface area contributed by atoms with Gasteiger partial charge in [0, 0.05) is 32.0 Å². The van der Waals surface area contributed by atoms with E-state index in [1.807, 2.05) is 24.3 Å². The predicted molar refractivity (Wildman–Crippen MR) is 74.9 cm³/mol. The molecule has 4 heteroatoms. The molecule has 0 bridgehead atoms. The summed E-state index contributed by atoms with van der Waals surface area (Å²) in [6, 6.07) is 7.66. The summed E-state index contributed by atoms with van der Waals surface area (Å²) in [6.45, 7) is 6.47. The Balaban J connectivity index is 2.42. The Morgan fingerprint density at radius 3 is 2.28 bits per heavy atom. The molecular formula is C14H22N2O2. The highest BCUT2D eigenvalue weighted by Gasteiger charge is 2.14. The maximum atomic E-state index is 10.9. The van der Waals surface area contributed by atoms with Gasteiger partial charge in [-0.05, 0) is 44.5 Å². The van der Waals surface area contributed by atoms with Gasteiger partial charge in [0.25, 0.3) is 0 Å². The zero-order chi connectivity index (χ0) is 13.6. The summed E-state index contributed by atoms with van der Waals surface area (Å²) >= 11 is 0. The van der Waals surface area contributed by atoms with Crippen molar-refractivity contribution in [3.05, 3.63) is 24.3 Å². The highest BCUT2D eigenvalue weighted by Crippen LogP contribution is 2.16. The molecule has 100 valence electrons. The van der Waals surface area contributed by atoms with Crippen LogP contribution in [0.1, 0.15) is 27.2 Å². The van der Waals surface area contributed by atoms with Crippen LogP contribution in [-0.2, 0) is 9.53 Å². The van der Waals surface area contributed by atoms with E-state index in [9.17, 15) is 4.79 Å². The summed E-state index contributed by atoms with van der Waals surface area (Å²) < 4.78 is 5.35. The normalized spacial score (nSPS) is 11.1.